The molecule has 1 saturated carbocycles. The van der Waals surface area contributed by atoms with Crippen molar-refractivity contribution < 1.29 is 4.79 Å². The van der Waals surface area contributed by atoms with Crippen LogP contribution in [0.2, 0.25) is 0 Å². The van der Waals surface area contributed by atoms with E-state index in [4.69, 9.17) is 10.7 Å². The molecular formula is C35H43N5O2. The Morgan fingerprint density at radius 1 is 1.05 bits per heavy atom. The van der Waals surface area contributed by atoms with Gasteiger partial charge in [-0.3, -0.25) is 14.6 Å². The zero-order chi connectivity index (χ0) is 30.1. The molecule has 7 nitrogen and oxygen atoms in total. The molecule has 0 bridgehead atoms. The van der Waals surface area contributed by atoms with Crippen LogP contribution >= 0.6 is 0 Å². The smallest absolute Gasteiger partial charge is 0.251 e. The third-order valence-corrected chi connectivity index (χ3v) is 9.28. The number of rotatable bonds is 8. The van der Waals surface area contributed by atoms with E-state index >= 15 is 0 Å². The highest BCUT2D eigenvalue weighted by Gasteiger charge is 2.29. The first-order valence-corrected chi connectivity index (χ1v) is 15.0. The summed E-state index contributed by atoms with van der Waals surface area (Å²) < 4.78 is 0. The van der Waals surface area contributed by atoms with Crippen LogP contribution in [0.1, 0.15) is 70.9 Å². The van der Waals surface area contributed by atoms with Gasteiger partial charge in [-0.1, -0.05) is 24.3 Å². The van der Waals surface area contributed by atoms with E-state index in [1.54, 1.807) is 6.20 Å². The van der Waals surface area contributed by atoms with Crippen LogP contribution in [0.15, 0.2) is 53.5 Å². The summed E-state index contributed by atoms with van der Waals surface area (Å²) in [4.78, 5) is 36.2. The number of para-hydroxylation sites is 1. The van der Waals surface area contributed by atoms with Crippen LogP contribution in [-0.4, -0.2) is 47.0 Å². The monoisotopic (exact) mass is 565 g/mol. The summed E-state index contributed by atoms with van der Waals surface area (Å²) in [5, 5.41) is 4.87. The average Bonchev–Trinajstić information content (AvgIpc) is 2.96. The molecular weight excluding hydrogens is 522 g/mol. The molecule has 0 spiro atoms. The molecule has 4 N–H and O–H groups in total. The summed E-state index contributed by atoms with van der Waals surface area (Å²) in [6.07, 6.45) is 6.80. The zero-order valence-corrected chi connectivity index (χ0v) is 25.7. The maximum absolute atomic E-state index is 13.3. The lowest BCUT2D eigenvalue weighted by molar-refractivity contribution is 0.0999. The Balaban J connectivity index is 1.70. The van der Waals surface area contributed by atoms with Crippen molar-refractivity contribution in [3.63, 3.8) is 0 Å². The third kappa shape index (κ3) is 5.84. The van der Waals surface area contributed by atoms with E-state index in [2.05, 4.69) is 36.2 Å². The fourth-order valence-corrected chi connectivity index (χ4v) is 6.77. The molecule has 2 heterocycles. The lowest BCUT2D eigenvalue weighted by Crippen LogP contribution is -2.37. The van der Waals surface area contributed by atoms with Gasteiger partial charge in [0.1, 0.15) is 0 Å². The number of carbonyl (C=O) groups is 1. The molecule has 2 aromatic carbocycles. The molecule has 1 atom stereocenters. The van der Waals surface area contributed by atoms with Gasteiger partial charge in [0, 0.05) is 58.2 Å². The van der Waals surface area contributed by atoms with Crippen LogP contribution < -0.4 is 16.6 Å². The standard InChI is InChI=1S/C35H43N5O2/c1-20-17-21(2)38-35(42)28(20)18-31-30(27-11-7-9-25-10-8-16-37-33(25)27)19-29(34(36)41)22(3)32(31)39-23(4)24-12-14-26(15-13-24)40(5)6/h7-11,16-17,19,23-24,26,39H,12-15,18H2,1-6H3,(H2,36,41)(H,38,42). The second-order valence-corrected chi connectivity index (χ2v) is 12.3. The molecule has 1 aliphatic carbocycles. The van der Waals surface area contributed by atoms with Crippen molar-refractivity contribution in [2.45, 2.75) is 71.9 Å². The second-order valence-electron chi connectivity index (χ2n) is 12.3. The van der Waals surface area contributed by atoms with Crippen LogP contribution in [-0.2, 0) is 6.42 Å². The predicted molar refractivity (Wildman–Crippen MR) is 172 cm³/mol. The Hall–Kier alpha value is -3.97. The Bertz CT molecular complexity index is 1680. The summed E-state index contributed by atoms with van der Waals surface area (Å²) >= 11 is 0. The Labute approximate surface area is 248 Å². The minimum absolute atomic E-state index is 0.0906. The van der Waals surface area contributed by atoms with Crippen molar-refractivity contribution >= 4 is 22.5 Å². The molecule has 1 amide bonds. The highest BCUT2D eigenvalue weighted by Crippen LogP contribution is 2.40. The topological polar surface area (TPSA) is 104 Å². The number of nitrogens with one attached hydrogen (secondary N) is 2. The molecule has 2 aromatic heterocycles. The lowest BCUT2D eigenvalue weighted by Gasteiger charge is -2.36. The summed E-state index contributed by atoms with van der Waals surface area (Å²) in [5.74, 6) is 0.0259. The molecule has 1 fully saturated rings. The normalized spacial score (nSPS) is 17.9. The molecule has 1 aliphatic rings. The van der Waals surface area contributed by atoms with Gasteiger partial charge in [-0.15, -0.1) is 0 Å². The van der Waals surface area contributed by atoms with E-state index in [-0.39, 0.29) is 11.6 Å². The average molecular weight is 566 g/mol. The second kappa shape index (κ2) is 12.1. The highest BCUT2D eigenvalue weighted by molar-refractivity contribution is 6.02. The number of pyridine rings is 2. The van der Waals surface area contributed by atoms with Gasteiger partial charge in [0.2, 0.25) is 5.91 Å². The van der Waals surface area contributed by atoms with E-state index in [0.29, 0.717) is 29.5 Å². The van der Waals surface area contributed by atoms with E-state index in [0.717, 1.165) is 62.9 Å². The highest BCUT2D eigenvalue weighted by atomic mass is 16.1. The Morgan fingerprint density at radius 2 is 1.76 bits per heavy atom. The van der Waals surface area contributed by atoms with Gasteiger partial charge in [0.05, 0.1) is 5.52 Å². The van der Waals surface area contributed by atoms with Crippen molar-refractivity contribution in [3.05, 3.63) is 92.5 Å². The number of aryl methyl sites for hydroxylation is 2. The van der Waals surface area contributed by atoms with Gasteiger partial charge in [0.25, 0.3) is 5.56 Å². The van der Waals surface area contributed by atoms with Crippen molar-refractivity contribution in [3.8, 4) is 11.1 Å². The maximum atomic E-state index is 13.3. The molecule has 0 saturated heterocycles. The minimum Gasteiger partial charge on any atom is -0.382 e. The van der Waals surface area contributed by atoms with E-state index in [1.165, 1.54) is 12.8 Å². The molecule has 5 rings (SSSR count). The fourth-order valence-electron chi connectivity index (χ4n) is 6.77. The van der Waals surface area contributed by atoms with Gasteiger partial charge in [-0.25, -0.2) is 0 Å². The number of carbonyl (C=O) groups excluding carboxylic acids is 1. The number of aromatic nitrogens is 2. The number of nitrogens with zero attached hydrogens (tertiary/aromatic N) is 2. The maximum Gasteiger partial charge on any atom is 0.251 e. The van der Waals surface area contributed by atoms with Gasteiger partial charge < -0.3 is 20.9 Å². The minimum atomic E-state index is -0.472. The van der Waals surface area contributed by atoms with Crippen LogP contribution in [0, 0.1) is 26.7 Å². The molecule has 7 heteroatoms. The van der Waals surface area contributed by atoms with Crippen molar-refractivity contribution in [2.24, 2.45) is 11.7 Å². The Morgan fingerprint density at radius 3 is 2.43 bits per heavy atom. The first kappa shape index (κ1) is 29.5. The van der Waals surface area contributed by atoms with E-state index < -0.39 is 5.91 Å². The van der Waals surface area contributed by atoms with Gasteiger partial charge in [0.15, 0.2) is 0 Å². The largest absolute Gasteiger partial charge is 0.382 e. The number of primary amides is 1. The van der Waals surface area contributed by atoms with E-state index in [1.807, 2.05) is 63.2 Å². The number of aromatic amines is 1. The number of benzene rings is 2. The third-order valence-electron chi connectivity index (χ3n) is 9.28. The van der Waals surface area contributed by atoms with Gasteiger partial charge in [-0.05, 0) is 114 Å². The molecule has 220 valence electrons. The molecule has 0 radical (unpaired) electrons. The Kier molecular flexibility index (Phi) is 8.50. The van der Waals surface area contributed by atoms with Crippen molar-refractivity contribution in [1.29, 1.82) is 0 Å². The SMILES string of the molecule is Cc1cc(C)c(Cc2c(-c3cccc4cccnc34)cc(C(N)=O)c(C)c2NC(C)C2CCC(N(C)C)CC2)c(=O)[nH]1. The molecule has 42 heavy (non-hydrogen) atoms. The van der Waals surface area contributed by atoms with Crippen molar-refractivity contribution in [1.82, 2.24) is 14.9 Å². The number of amides is 1. The first-order valence-electron chi connectivity index (χ1n) is 15.0. The number of H-pyrrole nitrogens is 1. The first-order chi connectivity index (χ1) is 20.0. The molecule has 1 unspecified atom stereocenters. The number of fused-ring (bicyclic) bond motifs is 1. The summed E-state index contributed by atoms with van der Waals surface area (Å²) in [5.41, 5.74) is 14.1. The summed E-state index contributed by atoms with van der Waals surface area (Å²) in [6, 6.07) is 14.7. The number of hydrogen-bond donors (Lipinski definition) is 3. The number of nitrogens with two attached hydrogens (primary N) is 1. The van der Waals surface area contributed by atoms with Crippen LogP contribution in [0.25, 0.3) is 22.0 Å². The van der Waals surface area contributed by atoms with Crippen LogP contribution in [0.5, 0.6) is 0 Å². The van der Waals surface area contributed by atoms with Crippen LogP contribution in [0.4, 0.5) is 5.69 Å². The quantitative estimate of drug-likeness (QED) is 0.239. The lowest BCUT2D eigenvalue weighted by atomic mass is 9.81. The fraction of sp³-hybridized carbons (Fsp3) is 0.400. The number of hydrogen-bond acceptors (Lipinski definition) is 5. The summed E-state index contributed by atoms with van der Waals surface area (Å²) in [7, 11) is 4.33. The predicted octanol–water partition coefficient (Wildman–Crippen LogP) is 6.13. The van der Waals surface area contributed by atoms with Gasteiger partial charge in [-0.2, -0.15) is 0 Å². The van der Waals surface area contributed by atoms with Crippen LogP contribution in [0.3, 0.4) is 0 Å². The van der Waals surface area contributed by atoms with E-state index in [9.17, 15) is 9.59 Å². The van der Waals surface area contributed by atoms with Gasteiger partial charge >= 0.3 is 0 Å². The summed E-state index contributed by atoms with van der Waals surface area (Å²) in [6.45, 7) is 8.08. The molecule has 0 aliphatic heterocycles. The molecule has 4 aromatic rings. The number of anilines is 1. The van der Waals surface area contributed by atoms with Crippen molar-refractivity contribution in [2.75, 3.05) is 19.4 Å². The zero-order valence-electron chi connectivity index (χ0n) is 25.7.